The average Bonchev–Trinajstić information content (AvgIpc) is 3.46. The second-order valence-electron chi connectivity index (χ2n) is 6.59. The van der Waals surface area contributed by atoms with Crippen molar-refractivity contribution < 1.29 is 9.21 Å². The molecule has 156 valence electrons. The molecule has 0 aliphatic rings. The van der Waals surface area contributed by atoms with Gasteiger partial charge in [0.2, 0.25) is 11.1 Å². The number of nitrogens with one attached hydrogen (secondary N) is 2. The molecule has 0 bridgehead atoms. The van der Waals surface area contributed by atoms with Crippen molar-refractivity contribution in [3.8, 4) is 11.3 Å². The van der Waals surface area contributed by atoms with Gasteiger partial charge in [0.05, 0.1) is 12.3 Å². The lowest BCUT2D eigenvalue weighted by Gasteiger charge is -2.02. The number of nitrogens with zero attached hydrogens (tertiary/aromatic N) is 2. The quantitative estimate of drug-likeness (QED) is 0.356. The molecule has 4 rings (SSSR count). The first-order valence-corrected chi connectivity index (χ1v) is 10.9. The van der Waals surface area contributed by atoms with Crippen molar-refractivity contribution in [3.05, 3.63) is 88.9 Å². The number of benzene rings is 2. The number of furan rings is 1. The zero-order chi connectivity index (χ0) is 21.5. The van der Waals surface area contributed by atoms with Crippen molar-refractivity contribution >= 4 is 41.4 Å². The largest absolute Gasteiger partial charge is 0.459 e. The van der Waals surface area contributed by atoms with Crippen molar-refractivity contribution in [1.82, 2.24) is 20.5 Å². The molecule has 4 aromatic rings. The molecule has 2 heterocycles. The van der Waals surface area contributed by atoms with Crippen LogP contribution in [0.4, 0.5) is 0 Å². The van der Waals surface area contributed by atoms with Gasteiger partial charge in [-0.1, -0.05) is 59.8 Å². The summed E-state index contributed by atoms with van der Waals surface area (Å²) in [6.45, 7) is 0.312. The summed E-state index contributed by atoms with van der Waals surface area (Å²) in [7, 11) is 0. The molecule has 0 atom stereocenters. The maximum Gasteiger partial charge on any atom is 0.230 e. The van der Waals surface area contributed by atoms with Crippen LogP contribution in [0, 0.1) is 0 Å². The Hall–Kier alpha value is -3.29. The molecule has 1 amide bonds. The summed E-state index contributed by atoms with van der Waals surface area (Å²) in [5.41, 5.74) is 2.00. The highest BCUT2D eigenvalue weighted by molar-refractivity contribution is 7.99. The fourth-order valence-corrected chi connectivity index (χ4v) is 3.51. The van der Waals surface area contributed by atoms with Gasteiger partial charge in [-0.2, -0.15) is 0 Å². The van der Waals surface area contributed by atoms with Gasteiger partial charge in [0.25, 0.3) is 0 Å². The number of H-pyrrole nitrogens is 1. The Balaban J connectivity index is 1.23. The van der Waals surface area contributed by atoms with Crippen LogP contribution in [0.2, 0.25) is 5.02 Å². The first kappa shape index (κ1) is 21.0. The summed E-state index contributed by atoms with van der Waals surface area (Å²) in [5, 5.41) is 11.0. The molecule has 6 nitrogen and oxygen atoms in total. The van der Waals surface area contributed by atoms with Gasteiger partial charge in [-0.05, 0) is 48.0 Å². The van der Waals surface area contributed by atoms with Gasteiger partial charge in [-0.25, -0.2) is 4.98 Å². The van der Waals surface area contributed by atoms with E-state index >= 15 is 0 Å². The van der Waals surface area contributed by atoms with Gasteiger partial charge >= 0.3 is 0 Å². The summed E-state index contributed by atoms with van der Waals surface area (Å²) in [4.78, 5) is 16.5. The number of halogens is 1. The SMILES string of the molecule is O=C(CSc1n[nH]c(/C=C/c2ccccc2)n1)NCc1ccc(-c2ccc(Cl)cc2)o1. The Labute approximate surface area is 188 Å². The van der Waals surface area contributed by atoms with E-state index in [0.717, 1.165) is 16.9 Å². The zero-order valence-electron chi connectivity index (χ0n) is 16.4. The molecule has 0 saturated heterocycles. The second kappa shape index (κ2) is 10.1. The van der Waals surface area contributed by atoms with Gasteiger partial charge in [-0.3, -0.25) is 9.89 Å². The molecule has 0 radical (unpaired) electrons. The number of carbonyl (C=O) groups excluding carboxylic acids is 1. The Bertz CT molecular complexity index is 1170. The summed E-state index contributed by atoms with van der Waals surface area (Å²) in [5.74, 6) is 2.13. The van der Waals surface area contributed by atoms with Crippen LogP contribution in [-0.4, -0.2) is 26.8 Å². The van der Waals surface area contributed by atoms with E-state index in [1.54, 1.807) is 0 Å². The molecule has 0 aliphatic carbocycles. The normalized spacial score (nSPS) is 11.1. The number of rotatable bonds is 8. The summed E-state index contributed by atoms with van der Waals surface area (Å²) in [6.07, 6.45) is 3.80. The van der Waals surface area contributed by atoms with Gasteiger partial charge < -0.3 is 9.73 Å². The molecule has 0 unspecified atom stereocenters. The highest BCUT2D eigenvalue weighted by Crippen LogP contribution is 2.23. The van der Waals surface area contributed by atoms with Gasteiger partial charge in [0.1, 0.15) is 17.3 Å². The van der Waals surface area contributed by atoms with Crippen LogP contribution in [0.25, 0.3) is 23.5 Å². The molecular weight excluding hydrogens is 432 g/mol. The van der Waals surface area contributed by atoms with E-state index in [4.69, 9.17) is 16.0 Å². The molecule has 0 aliphatic heterocycles. The van der Waals surface area contributed by atoms with E-state index in [9.17, 15) is 4.79 Å². The molecule has 0 saturated carbocycles. The third kappa shape index (κ3) is 6.10. The van der Waals surface area contributed by atoms with Crippen LogP contribution in [0.3, 0.4) is 0 Å². The Morgan fingerprint density at radius 2 is 1.87 bits per heavy atom. The number of thioether (sulfide) groups is 1. The number of hydrogen-bond donors (Lipinski definition) is 2. The lowest BCUT2D eigenvalue weighted by atomic mass is 10.2. The second-order valence-corrected chi connectivity index (χ2v) is 7.96. The van der Waals surface area contributed by atoms with Crippen molar-refractivity contribution in [2.24, 2.45) is 0 Å². The molecule has 2 aromatic carbocycles. The number of amides is 1. The first-order valence-electron chi connectivity index (χ1n) is 9.55. The molecule has 0 spiro atoms. The van der Waals surface area contributed by atoms with Gasteiger partial charge in [0, 0.05) is 10.6 Å². The molecule has 2 aromatic heterocycles. The molecular formula is C23H19ClN4O2S. The predicted octanol–water partition coefficient (Wildman–Crippen LogP) is 5.30. The van der Waals surface area contributed by atoms with Crippen molar-refractivity contribution in [2.75, 3.05) is 5.75 Å². The maximum atomic E-state index is 12.2. The van der Waals surface area contributed by atoms with E-state index < -0.39 is 0 Å². The highest BCUT2D eigenvalue weighted by atomic mass is 35.5. The van der Waals surface area contributed by atoms with Crippen LogP contribution < -0.4 is 5.32 Å². The van der Waals surface area contributed by atoms with E-state index in [1.807, 2.05) is 78.9 Å². The van der Waals surface area contributed by atoms with E-state index in [2.05, 4.69) is 20.5 Å². The Morgan fingerprint density at radius 1 is 1.06 bits per heavy atom. The minimum absolute atomic E-state index is 0.124. The molecule has 31 heavy (non-hydrogen) atoms. The topological polar surface area (TPSA) is 83.8 Å². The number of aromatic amines is 1. The van der Waals surface area contributed by atoms with E-state index in [1.165, 1.54) is 11.8 Å². The van der Waals surface area contributed by atoms with Gasteiger partial charge in [0.15, 0.2) is 0 Å². The van der Waals surface area contributed by atoms with Crippen LogP contribution in [0.1, 0.15) is 17.1 Å². The van der Waals surface area contributed by atoms with Crippen molar-refractivity contribution in [3.63, 3.8) is 0 Å². The number of hydrogen-bond acceptors (Lipinski definition) is 5. The van der Waals surface area contributed by atoms with E-state index in [0.29, 0.717) is 28.3 Å². The van der Waals surface area contributed by atoms with Crippen molar-refractivity contribution in [1.29, 1.82) is 0 Å². The van der Waals surface area contributed by atoms with Crippen LogP contribution in [-0.2, 0) is 11.3 Å². The fraction of sp³-hybridized carbons (Fsp3) is 0.0870. The summed E-state index contributed by atoms with van der Waals surface area (Å²) < 4.78 is 5.79. The van der Waals surface area contributed by atoms with Crippen molar-refractivity contribution in [2.45, 2.75) is 11.7 Å². The zero-order valence-corrected chi connectivity index (χ0v) is 18.0. The minimum Gasteiger partial charge on any atom is -0.459 e. The van der Waals surface area contributed by atoms with Crippen LogP contribution in [0.5, 0.6) is 0 Å². The summed E-state index contributed by atoms with van der Waals surface area (Å²) in [6, 6.07) is 21.0. The monoisotopic (exact) mass is 450 g/mol. The van der Waals surface area contributed by atoms with Gasteiger partial charge in [-0.15, -0.1) is 5.10 Å². The highest BCUT2D eigenvalue weighted by Gasteiger charge is 2.09. The third-order valence-electron chi connectivity index (χ3n) is 4.30. The summed E-state index contributed by atoms with van der Waals surface area (Å²) >= 11 is 7.18. The van der Waals surface area contributed by atoms with Crippen LogP contribution >= 0.6 is 23.4 Å². The lowest BCUT2D eigenvalue weighted by Crippen LogP contribution is -2.24. The standard InChI is InChI=1S/C23H19ClN4O2S/c24-18-9-7-17(8-10-18)20-12-11-19(30-20)14-25-22(29)15-31-23-26-21(27-28-23)13-6-16-4-2-1-3-5-16/h1-13H,14-15H2,(H,25,29)(H,26,27,28)/b13-6+. The third-order valence-corrected chi connectivity index (χ3v) is 5.40. The Morgan fingerprint density at radius 3 is 2.68 bits per heavy atom. The van der Waals surface area contributed by atoms with E-state index in [-0.39, 0.29) is 11.7 Å². The molecule has 2 N–H and O–H groups in total. The average molecular weight is 451 g/mol. The molecule has 8 heteroatoms. The number of aromatic nitrogens is 3. The minimum atomic E-state index is -0.124. The Kier molecular flexibility index (Phi) is 6.86. The fourth-order valence-electron chi connectivity index (χ4n) is 2.75. The molecule has 0 fully saturated rings. The predicted molar refractivity (Wildman–Crippen MR) is 123 cm³/mol. The van der Waals surface area contributed by atoms with Crippen LogP contribution in [0.15, 0.2) is 76.3 Å². The maximum absolute atomic E-state index is 12.2. The smallest absolute Gasteiger partial charge is 0.230 e. The number of carbonyl (C=O) groups is 1. The first-order chi connectivity index (χ1) is 15.2. The lowest BCUT2D eigenvalue weighted by molar-refractivity contribution is -0.118.